The summed E-state index contributed by atoms with van der Waals surface area (Å²) in [5.41, 5.74) is 3.71. The van der Waals surface area contributed by atoms with Crippen molar-refractivity contribution in [2.45, 2.75) is 19.4 Å². The Labute approximate surface area is 148 Å². The Kier molecular flexibility index (Phi) is 4.77. The molecule has 5 nitrogen and oxygen atoms in total. The number of aromatic nitrogens is 2. The third kappa shape index (κ3) is 3.45. The van der Waals surface area contributed by atoms with E-state index in [9.17, 15) is 0 Å². The Balaban J connectivity index is 1.34. The number of hydrogen-bond donors (Lipinski definition) is 1. The second-order valence-corrected chi connectivity index (χ2v) is 7.59. The lowest BCUT2D eigenvalue weighted by atomic mass is 10.1. The fourth-order valence-electron chi connectivity index (χ4n) is 3.90. The Bertz CT molecular complexity index is 705. The minimum Gasteiger partial charge on any atom is -0.343 e. The summed E-state index contributed by atoms with van der Waals surface area (Å²) in [7, 11) is 2.21. The predicted molar refractivity (Wildman–Crippen MR) is 98.6 cm³/mol. The Hall–Kier alpha value is -1.14. The lowest BCUT2D eigenvalue weighted by Gasteiger charge is -2.33. The van der Waals surface area contributed by atoms with Gasteiger partial charge in [0.2, 0.25) is 0 Å². The van der Waals surface area contributed by atoms with Gasteiger partial charge in [-0.3, -0.25) is 4.90 Å². The van der Waals surface area contributed by atoms with Gasteiger partial charge in [-0.1, -0.05) is 11.6 Å². The van der Waals surface area contributed by atoms with E-state index in [1.54, 1.807) is 6.20 Å². The number of nitrogens with one attached hydrogen (secondary N) is 1. The van der Waals surface area contributed by atoms with E-state index in [-0.39, 0.29) is 0 Å². The molecular formula is C18H26ClN5. The van der Waals surface area contributed by atoms with Gasteiger partial charge in [-0.05, 0) is 38.2 Å². The highest BCUT2D eigenvalue weighted by molar-refractivity contribution is 6.31. The summed E-state index contributed by atoms with van der Waals surface area (Å²) in [5, 5.41) is 1.91. The van der Waals surface area contributed by atoms with E-state index in [4.69, 9.17) is 11.6 Å². The van der Waals surface area contributed by atoms with Crippen LogP contribution in [-0.4, -0.2) is 77.5 Å². The van der Waals surface area contributed by atoms with Crippen molar-refractivity contribution in [3.8, 4) is 0 Å². The van der Waals surface area contributed by atoms with Crippen molar-refractivity contribution >= 4 is 22.6 Å². The molecule has 2 aromatic heterocycles. The summed E-state index contributed by atoms with van der Waals surface area (Å²) >= 11 is 6.14. The maximum atomic E-state index is 6.14. The van der Waals surface area contributed by atoms with E-state index in [1.807, 2.05) is 6.07 Å². The second kappa shape index (κ2) is 7.00. The minimum absolute atomic E-state index is 0.719. The predicted octanol–water partition coefficient (Wildman–Crippen LogP) is 2.21. The maximum Gasteiger partial charge on any atom is 0.137 e. The molecule has 6 heteroatoms. The highest BCUT2D eigenvalue weighted by Crippen LogP contribution is 2.28. The van der Waals surface area contributed by atoms with E-state index in [0.29, 0.717) is 0 Å². The molecule has 24 heavy (non-hydrogen) atoms. The number of halogens is 1. The van der Waals surface area contributed by atoms with Crippen LogP contribution in [0, 0.1) is 0 Å². The topological polar surface area (TPSA) is 38.4 Å². The molecular weight excluding hydrogens is 322 g/mol. The van der Waals surface area contributed by atoms with Gasteiger partial charge in [0.25, 0.3) is 0 Å². The van der Waals surface area contributed by atoms with Gasteiger partial charge >= 0.3 is 0 Å². The van der Waals surface area contributed by atoms with Crippen LogP contribution in [0.2, 0.25) is 5.02 Å². The van der Waals surface area contributed by atoms with Gasteiger partial charge in [-0.25, -0.2) is 4.98 Å². The molecule has 130 valence electrons. The Morgan fingerprint density at radius 2 is 1.92 bits per heavy atom. The van der Waals surface area contributed by atoms with Gasteiger partial charge in [0.15, 0.2) is 0 Å². The molecule has 0 amide bonds. The van der Waals surface area contributed by atoms with Crippen LogP contribution in [0.15, 0.2) is 12.3 Å². The van der Waals surface area contributed by atoms with E-state index < -0.39 is 0 Å². The molecule has 2 aliphatic heterocycles. The number of pyridine rings is 1. The molecule has 0 aliphatic carbocycles. The third-order valence-corrected chi connectivity index (χ3v) is 5.62. The normalized spacial score (nSPS) is 20.6. The van der Waals surface area contributed by atoms with Gasteiger partial charge in [-0.15, -0.1) is 0 Å². The summed E-state index contributed by atoms with van der Waals surface area (Å²) in [5.74, 6) is 0. The van der Waals surface area contributed by atoms with Crippen molar-refractivity contribution in [3.05, 3.63) is 28.5 Å². The van der Waals surface area contributed by atoms with Crippen LogP contribution in [0.3, 0.4) is 0 Å². The van der Waals surface area contributed by atoms with Crippen LogP contribution in [0.5, 0.6) is 0 Å². The number of piperazine rings is 1. The monoisotopic (exact) mass is 347 g/mol. The van der Waals surface area contributed by atoms with E-state index in [1.165, 1.54) is 62.3 Å². The van der Waals surface area contributed by atoms with Crippen LogP contribution in [-0.2, 0) is 13.0 Å². The van der Waals surface area contributed by atoms with Crippen molar-refractivity contribution < 1.29 is 0 Å². The number of aromatic amines is 1. The molecule has 1 N–H and O–H groups in total. The van der Waals surface area contributed by atoms with Crippen molar-refractivity contribution in [2.75, 3.05) is 52.9 Å². The number of H-pyrrole nitrogens is 1. The van der Waals surface area contributed by atoms with Crippen LogP contribution in [0.1, 0.15) is 17.7 Å². The molecule has 0 unspecified atom stereocenters. The average molecular weight is 348 g/mol. The van der Waals surface area contributed by atoms with Gasteiger partial charge in [0.05, 0.1) is 5.02 Å². The molecule has 2 aromatic rings. The standard InChI is InChI=1S/C18H26ClN5/c1-22-7-9-23(10-8-22)4-2-5-24-6-3-17-16(13-24)15-11-14(19)12-20-18(15)21-17/h11-12H,2-10,13H2,1H3,(H,20,21). The molecule has 4 rings (SSSR count). The van der Waals surface area contributed by atoms with Crippen LogP contribution >= 0.6 is 11.6 Å². The first-order chi connectivity index (χ1) is 11.7. The molecule has 0 spiro atoms. The summed E-state index contributed by atoms with van der Waals surface area (Å²) in [6.45, 7) is 9.38. The van der Waals surface area contributed by atoms with Crippen molar-refractivity contribution in [1.29, 1.82) is 0 Å². The van der Waals surface area contributed by atoms with Gasteiger partial charge in [-0.2, -0.15) is 0 Å². The first kappa shape index (κ1) is 16.3. The molecule has 0 atom stereocenters. The van der Waals surface area contributed by atoms with E-state index >= 15 is 0 Å². The zero-order valence-electron chi connectivity index (χ0n) is 14.4. The molecule has 1 fully saturated rings. The number of nitrogens with zero attached hydrogens (tertiary/aromatic N) is 4. The lowest BCUT2D eigenvalue weighted by molar-refractivity contribution is 0.144. The number of likely N-dealkylation sites (N-methyl/N-ethyl adjacent to an activating group) is 1. The molecule has 1 saturated heterocycles. The molecule has 2 aliphatic rings. The average Bonchev–Trinajstić information content (AvgIpc) is 2.94. The fourth-order valence-corrected chi connectivity index (χ4v) is 4.05. The third-order valence-electron chi connectivity index (χ3n) is 5.42. The Morgan fingerprint density at radius 1 is 1.12 bits per heavy atom. The van der Waals surface area contributed by atoms with Gasteiger partial charge in [0, 0.05) is 63.0 Å². The Morgan fingerprint density at radius 3 is 2.75 bits per heavy atom. The molecule has 0 saturated carbocycles. The maximum absolute atomic E-state index is 6.14. The second-order valence-electron chi connectivity index (χ2n) is 7.16. The van der Waals surface area contributed by atoms with Gasteiger partial charge < -0.3 is 14.8 Å². The van der Waals surface area contributed by atoms with Crippen molar-refractivity contribution in [3.63, 3.8) is 0 Å². The lowest BCUT2D eigenvalue weighted by Crippen LogP contribution is -2.45. The zero-order valence-corrected chi connectivity index (χ0v) is 15.1. The number of fused-ring (bicyclic) bond motifs is 3. The fraction of sp³-hybridized carbons (Fsp3) is 0.611. The van der Waals surface area contributed by atoms with Crippen LogP contribution < -0.4 is 0 Å². The number of hydrogen-bond acceptors (Lipinski definition) is 4. The summed E-state index contributed by atoms with van der Waals surface area (Å²) in [6.07, 6.45) is 4.05. The quantitative estimate of drug-likeness (QED) is 0.920. The SMILES string of the molecule is CN1CCN(CCCN2CCc3[nH]c4ncc(Cl)cc4c3C2)CC1. The summed E-state index contributed by atoms with van der Waals surface area (Å²) in [4.78, 5) is 15.5. The zero-order chi connectivity index (χ0) is 16.5. The number of rotatable bonds is 4. The summed E-state index contributed by atoms with van der Waals surface area (Å²) < 4.78 is 0. The van der Waals surface area contributed by atoms with Crippen LogP contribution in [0.4, 0.5) is 0 Å². The van der Waals surface area contributed by atoms with Crippen molar-refractivity contribution in [2.24, 2.45) is 0 Å². The summed E-state index contributed by atoms with van der Waals surface area (Å²) in [6, 6.07) is 2.05. The highest BCUT2D eigenvalue weighted by atomic mass is 35.5. The van der Waals surface area contributed by atoms with E-state index in [0.717, 1.165) is 30.2 Å². The molecule has 0 bridgehead atoms. The first-order valence-corrected chi connectivity index (χ1v) is 9.35. The van der Waals surface area contributed by atoms with Gasteiger partial charge in [0.1, 0.15) is 5.65 Å². The molecule has 0 aromatic carbocycles. The minimum atomic E-state index is 0.719. The van der Waals surface area contributed by atoms with E-state index in [2.05, 4.69) is 31.7 Å². The molecule has 0 radical (unpaired) electrons. The first-order valence-electron chi connectivity index (χ1n) is 8.97. The molecule has 4 heterocycles. The largest absolute Gasteiger partial charge is 0.343 e. The van der Waals surface area contributed by atoms with Crippen molar-refractivity contribution in [1.82, 2.24) is 24.7 Å². The smallest absolute Gasteiger partial charge is 0.137 e. The highest BCUT2D eigenvalue weighted by Gasteiger charge is 2.21. The van der Waals surface area contributed by atoms with Crippen LogP contribution in [0.25, 0.3) is 11.0 Å².